The Morgan fingerprint density at radius 1 is 1.00 bits per heavy atom. The predicted molar refractivity (Wildman–Crippen MR) is 90.0 cm³/mol. The van der Waals surface area contributed by atoms with Crippen LogP contribution >= 0.6 is 11.3 Å². The standard InChI is InChI=1S/C17H15F3N2O2S/c18-17(19,20)16(24)22-15-13(11-8-4-5-9-12(11)25-15)14(23)21-10-6-2-1-3-7-10/h1-3,6-7H,4-5,8-9H2,(H,21,23)(H,22,24). The number of anilines is 2. The monoisotopic (exact) mass is 368 g/mol. The Morgan fingerprint density at radius 2 is 1.68 bits per heavy atom. The van der Waals surface area contributed by atoms with Crippen molar-refractivity contribution in [3.63, 3.8) is 0 Å². The van der Waals surface area contributed by atoms with Gasteiger partial charge in [0, 0.05) is 10.6 Å². The molecule has 0 bridgehead atoms. The van der Waals surface area contributed by atoms with E-state index in [0.29, 0.717) is 18.5 Å². The number of carbonyl (C=O) groups excluding carboxylic acids is 2. The quantitative estimate of drug-likeness (QED) is 0.845. The third kappa shape index (κ3) is 3.84. The predicted octanol–water partition coefficient (Wildman–Crippen LogP) is 4.38. The van der Waals surface area contributed by atoms with E-state index in [2.05, 4.69) is 5.32 Å². The number of thiophene rings is 1. The number of hydrogen-bond acceptors (Lipinski definition) is 3. The number of nitrogens with one attached hydrogen (secondary N) is 2. The van der Waals surface area contributed by atoms with Gasteiger partial charge in [0.1, 0.15) is 5.00 Å². The zero-order chi connectivity index (χ0) is 18.0. The Hall–Kier alpha value is -2.35. The lowest BCUT2D eigenvalue weighted by atomic mass is 9.95. The SMILES string of the molecule is O=C(Nc1ccccc1)c1c(NC(=O)C(F)(F)F)sc2c1CCCC2. The van der Waals surface area contributed by atoms with E-state index in [9.17, 15) is 22.8 Å². The lowest BCUT2D eigenvalue weighted by Crippen LogP contribution is -2.30. The van der Waals surface area contributed by atoms with Gasteiger partial charge in [-0.15, -0.1) is 11.3 Å². The van der Waals surface area contributed by atoms with Gasteiger partial charge in [0.15, 0.2) is 0 Å². The lowest BCUT2D eigenvalue weighted by molar-refractivity contribution is -0.167. The van der Waals surface area contributed by atoms with E-state index in [1.165, 1.54) is 0 Å². The molecule has 2 aromatic rings. The fraction of sp³-hybridized carbons (Fsp3) is 0.294. The molecule has 0 spiro atoms. The summed E-state index contributed by atoms with van der Waals surface area (Å²) in [6, 6.07) is 8.64. The molecule has 0 aliphatic heterocycles. The molecule has 1 aliphatic carbocycles. The van der Waals surface area contributed by atoms with Crippen molar-refractivity contribution in [3.8, 4) is 0 Å². The van der Waals surface area contributed by atoms with Crippen molar-refractivity contribution < 1.29 is 22.8 Å². The Labute approximate surface area is 146 Å². The van der Waals surface area contributed by atoms with Crippen molar-refractivity contribution >= 4 is 33.8 Å². The zero-order valence-electron chi connectivity index (χ0n) is 13.1. The van der Waals surface area contributed by atoms with E-state index >= 15 is 0 Å². The second kappa shape index (κ2) is 6.87. The van der Waals surface area contributed by atoms with Crippen molar-refractivity contribution in [3.05, 3.63) is 46.3 Å². The molecule has 2 amide bonds. The molecular formula is C17H15F3N2O2S. The van der Waals surface area contributed by atoms with Gasteiger partial charge in [0.25, 0.3) is 5.91 Å². The molecule has 8 heteroatoms. The number of fused-ring (bicyclic) bond motifs is 1. The summed E-state index contributed by atoms with van der Waals surface area (Å²) in [5.41, 5.74) is 1.42. The molecule has 1 aliphatic rings. The summed E-state index contributed by atoms with van der Waals surface area (Å²) in [6.07, 6.45) is -1.90. The van der Waals surface area contributed by atoms with Crippen LogP contribution in [0, 0.1) is 0 Å². The molecule has 1 heterocycles. The van der Waals surface area contributed by atoms with E-state index < -0.39 is 18.0 Å². The van der Waals surface area contributed by atoms with Crippen LogP contribution in [0.5, 0.6) is 0 Å². The molecular weight excluding hydrogens is 353 g/mol. The highest BCUT2D eigenvalue weighted by Crippen LogP contribution is 2.39. The van der Waals surface area contributed by atoms with Gasteiger partial charge in [-0.1, -0.05) is 18.2 Å². The summed E-state index contributed by atoms with van der Waals surface area (Å²) in [5.74, 6) is -2.58. The topological polar surface area (TPSA) is 58.2 Å². The molecule has 3 rings (SSSR count). The molecule has 0 radical (unpaired) electrons. The number of alkyl halides is 3. The first kappa shape index (κ1) is 17.5. The minimum atomic E-state index is -5.00. The fourth-order valence-electron chi connectivity index (χ4n) is 2.78. The molecule has 2 N–H and O–H groups in total. The summed E-state index contributed by atoms with van der Waals surface area (Å²) >= 11 is 1.05. The van der Waals surface area contributed by atoms with Gasteiger partial charge in [0.05, 0.1) is 5.56 Å². The Bertz CT molecular complexity index is 800. The highest BCUT2D eigenvalue weighted by Gasteiger charge is 2.40. The second-order valence-electron chi connectivity index (χ2n) is 5.69. The van der Waals surface area contributed by atoms with Crippen LogP contribution in [0.4, 0.5) is 23.9 Å². The van der Waals surface area contributed by atoms with Crippen molar-refractivity contribution in [2.75, 3.05) is 10.6 Å². The van der Waals surface area contributed by atoms with Gasteiger partial charge >= 0.3 is 12.1 Å². The average Bonchev–Trinajstić information content (AvgIpc) is 2.92. The van der Waals surface area contributed by atoms with E-state index in [0.717, 1.165) is 34.6 Å². The van der Waals surface area contributed by atoms with Crippen LogP contribution in [0.15, 0.2) is 30.3 Å². The first-order valence-corrected chi connectivity index (χ1v) is 8.57. The number of para-hydroxylation sites is 1. The van der Waals surface area contributed by atoms with Crippen molar-refractivity contribution in [1.29, 1.82) is 0 Å². The molecule has 0 saturated heterocycles. The van der Waals surface area contributed by atoms with Gasteiger partial charge in [-0.2, -0.15) is 13.2 Å². The van der Waals surface area contributed by atoms with Crippen molar-refractivity contribution in [2.45, 2.75) is 31.9 Å². The average molecular weight is 368 g/mol. The smallest absolute Gasteiger partial charge is 0.322 e. The number of amides is 2. The first-order valence-electron chi connectivity index (χ1n) is 7.75. The number of hydrogen-bond donors (Lipinski definition) is 2. The second-order valence-corrected chi connectivity index (χ2v) is 6.79. The molecule has 0 atom stereocenters. The maximum Gasteiger partial charge on any atom is 0.471 e. The minimum absolute atomic E-state index is 0.0392. The van der Waals surface area contributed by atoms with Crippen molar-refractivity contribution in [1.82, 2.24) is 0 Å². The van der Waals surface area contributed by atoms with Crippen molar-refractivity contribution in [2.24, 2.45) is 0 Å². The molecule has 4 nitrogen and oxygen atoms in total. The number of aryl methyl sites for hydroxylation is 1. The maximum absolute atomic E-state index is 12.7. The van der Waals surface area contributed by atoms with Crippen LogP contribution in [0.3, 0.4) is 0 Å². The largest absolute Gasteiger partial charge is 0.471 e. The molecule has 0 saturated carbocycles. The van der Waals surface area contributed by atoms with Crippen LogP contribution in [0.25, 0.3) is 0 Å². The van der Waals surface area contributed by atoms with Crippen LogP contribution in [0.2, 0.25) is 0 Å². The Balaban J connectivity index is 1.94. The van der Waals surface area contributed by atoms with Crippen LogP contribution in [-0.2, 0) is 17.6 Å². The molecule has 0 fully saturated rings. The van der Waals surface area contributed by atoms with E-state index in [1.54, 1.807) is 30.3 Å². The Kier molecular flexibility index (Phi) is 4.80. The summed E-state index contributed by atoms with van der Waals surface area (Å²) < 4.78 is 37.8. The van der Waals surface area contributed by atoms with E-state index in [1.807, 2.05) is 5.32 Å². The first-order chi connectivity index (χ1) is 11.9. The molecule has 1 aromatic carbocycles. The van der Waals surface area contributed by atoms with Crippen LogP contribution in [0.1, 0.15) is 33.6 Å². The summed E-state index contributed by atoms with van der Waals surface area (Å²) in [5, 5.41) is 4.51. The van der Waals surface area contributed by atoms with Gasteiger partial charge in [-0.05, 0) is 43.4 Å². The third-order valence-corrected chi connectivity index (χ3v) is 5.12. The van der Waals surface area contributed by atoms with E-state index in [-0.39, 0.29) is 10.6 Å². The summed E-state index contributed by atoms with van der Waals surface area (Å²) in [4.78, 5) is 24.8. The minimum Gasteiger partial charge on any atom is -0.322 e. The molecule has 132 valence electrons. The molecule has 1 aromatic heterocycles. The third-order valence-electron chi connectivity index (χ3n) is 3.91. The summed E-state index contributed by atoms with van der Waals surface area (Å²) in [7, 11) is 0. The maximum atomic E-state index is 12.7. The highest BCUT2D eigenvalue weighted by molar-refractivity contribution is 7.17. The van der Waals surface area contributed by atoms with Gasteiger partial charge in [-0.3, -0.25) is 9.59 Å². The van der Waals surface area contributed by atoms with Gasteiger partial charge in [0.2, 0.25) is 0 Å². The fourth-order valence-corrected chi connectivity index (χ4v) is 4.07. The molecule has 25 heavy (non-hydrogen) atoms. The molecule has 0 unspecified atom stereocenters. The summed E-state index contributed by atoms with van der Waals surface area (Å²) in [6.45, 7) is 0. The normalized spacial score (nSPS) is 13.9. The van der Waals surface area contributed by atoms with Crippen LogP contribution < -0.4 is 10.6 Å². The number of rotatable bonds is 3. The number of carbonyl (C=O) groups is 2. The number of halogens is 3. The number of benzene rings is 1. The van der Waals surface area contributed by atoms with Crippen LogP contribution in [-0.4, -0.2) is 18.0 Å². The van der Waals surface area contributed by atoms with Gasteiger partial charge in [-0.25, -0.2) is 0 Å². The van der Waals surface area contributed by atoms with Gasteiger partial charge < -0.3 is 10.6 Å². The zero-order valence-corrected chi connectivity index (χ0v) is 13.9. The Morgan fingerprint density at radius 3 is 2.36 bits per heavy atom. The lowest BCUT2D eigenvalue weighted by Gasteiger charge is -2.13. The van der Waals surface area contributed by atoms with E-state index in [4.69, 9.17) is 0 Å². The highest BCUT2D eigenvalue weighted by atomic mass is 32.1.